The second kappa shape index (κ2) is 11.5. The van der Waals surface area contributed by atoms with E-state index in [4.69, 9.17) is 9.90 Å². The molecule has 3 heterocycles. The van der Waals surface area contributed by atoms with Crippen molar-refractivity contribution < 1.29 is 28.2 Å². The van der Waals surface area contributed by atoms with E-state index in [1.165, 1.54) is 22.3 Å². The molecule has 0 amide bonds. The number of carboxylic acids is 1. The van der Waals surface area contributed by atoms with Crippen LogP contribution >= 0.6 is 11.3 Å². The van der Waals surface area contributed by atoms with Crippen LogP contribution in [-0.4, -0.2) is 81.2 Å². The average molecular weight is 561 g/mol. The Morgan fingerprint density at radius 1 is 1.18 bits per heavy atom. The summed E-state index contributed by atoms with van der Waals surface area (Å²) in [7, 11) is 2.20. The third kappa shape index (κ3) is 7.48. The summed E-state index contributed by atoms with van der Waals surface area (Å²) >= 11 is 1.63. The molecule has 0 spiro atoms. The second-order valence-corrected chi connectivity index (χ2v) is 11.4. The van der Waals surface area contributed by atoms with Gasteiger partial charge in [0.15, 0.2) is 0 Å². The van der Waals surface area contributed by atoms with Crippen LogP contribution in [0.2, 0.25) is 0 Å². The van der Waals surface area contributed by atoms with Crippen LogP contribution in [0.4, 0.5) is 13.2 Å². The molecule has 1 aliphatic heterocycles. The topological polar surface area (TPSA) is 92.7 Å². The number of benzene rings is 1. The van der Waals surface area contributed by atoms with Crippen molar-refractivity contribution in [1.29, 1.82) is 0 Å². The summed E-state index contributed by atoms with van der Waals surface area (Å²) in [5.41, 5.74) is 7.89. The normalized spacial score (nSPS) is 15.6. The highest BCUT2D eigenvalue weighted by molar-refractivity contribution is 7.11. The first-order valence-corrected chi connectivity index (χ1v) is 13.4. The van der Waals surface area contributed by atoms with Crippen molar-refractivity contribution in [2.75, 3.05) is 33.2 Å². The number of thiophene rings is 1. The first-order chi connectivity index (χ1) is 18.3. The summed E-state index contributed by atoms with van der Waals surface area (Å²) in [5, 5.41) is 27.0. The van der Waals surface area contributed by atoms with Gasteiger partial charge in [-0.15, -0.1) is 11.3 Å². The van der Waals surface area contributed by atoms with Gasteiger partial charge in [0.25, 0.3) is 0 Å². The number of carbonyl (C=O) groups is 1. The third-order valence-corrected chi connectivity index (χ3v) is 7.37. The van der Waals surface area contributed by atoms with E-state index in [1.807, 2.05) is 0 Å². The van der Waals surface area contributed by atoms with Crippen molar-refractivity contribution in [2.45, 2.75) is 45.0 Å². The Bertz CT molecular complexity index is 1390. The zero-order chi connectivity index (χ0) is 28.4. The lowest BCUT2D eigenvalue weighted by molar-refractivity contribution is -0.192. The Hall–Kier alpha value is -3.17. The molecule has 0 unspecified atom stereocenters. The molecule has 1 aliphatic carbocycles. The van der Waals surface area contributed by atoms with Gasteiger partial charge >= 0.3 is 12.1 Å². The lowest BCUT2D eigenvalue weighted by Gasteiger charge is -2.32. The number of aliphatic hydroxyl groups is 1. The van der Waals surface area contributed by atoms with Crippen molar-refractivity contribution in [3.63, 3.8) is 0 Å². The molecule has 7 nitrogen and oxygen atoms in total. The molecule has 3 aromatic rings. The number of rotatable bonds is 4. The van der Waals surface area contributed by atoms with E-state index in [0.29, 0.717) is 6.42 Å². The largest absolute Gasteiger partial charge is 0.490 e. The minimum Gasteiger partial charge on any atom is -0.475 e. The molecule has 0 saturated carbocycles. The maximum atomic E-state index is 10.6. The first kappa shape index (κ1) is 28.8. The Morgan fingerprint density at radius 2 is 1.87 bits per heavy atom. The molecular formula is C28H31F3N4O3S. The van der Waals surface area contributed by atoms with Crippen molar-refractivity contribution in [2.24, 2.45) is 0 Å². The molecule has 0 radical (unpaired) electrons. The fourth-order valence-electron chi connectivity index (χ4n) is 4.46. The van der Waals surface area contributed by atoms with Gasteiger partial charge < -0.3 is 15.1 Å². The van der Waals surface area contributed by atoms with Gasteiger partial charge in [-0.1, -0.05) is 30.0 Å². The molecule has 39 heavy (non-hydrogen) atoms. The van der Waals surface area contributed by atoms with Crippen LogP contribution in [-0.2, 0) is 17.8 Å². The van der Waals surface area contributed by atoms with Gasteiger partial charge in [-0.05, 0) is 38.1 Å². The Labute approximate surface area is 229 Å². The molecule has 208 valence electrons. The summed E-state index contributed by atoms with van der Waals surface area (Å²) in [5.74, 6) is 3.51. The van der Waals surface area contributed by atoms with Gasteiger partial charge in [0.05, 0.1) is 21.9 Å². The highest BCUT2D eigenvalue weighted by Crippen LogP contribution is 2.41. The summed E-state index contributed by atoms with van der Waals surface area (Å²) < 4.78 is 31.7. The van der Waals surface area contributed by atoms with Crippen LogP contribution in [0.5, 0.6) is 0 Å². The number of hydrogen-bond donors (Lipinski definition) is 3. The van der Waals surface area contributed by atoms with Gasteiger partial charge in [-0.25, -0.2) is 4.79 Å². The van der Waals surface area contributed by atoms with Gasteiger partial charge in [-0.2, -0.15) is 18.3 Å². The summed E-state index contributed by atoms with van der Waals surface area (Å²) in [4.78, 5) is 14.8. The number of aromatic nitrogens is 2. The summed E-state index contributed by atoms with van der Waals surface area (Å²) in [6.07, 6.45) is -3.70. The van der Waals surface area contributed by atoms with E-state index in [2.05, 4.69) is 68.5 Å². The monoisotopic (exact) mass is 560 g/mol. The van der Waals surface area contributed by atoms with Crippen molar-refractivity contribution in [3.05, 3.63) is 51.2 Å². The molecule has 11 heteroatoms. The maximum absolute atomic E-state index is 10.6. The average Bonchev–Trinajstić information content (AvgIpc) is 3.55. The predicted octanol–water partition coefficient (Wildman–Crippen LogP) is 4.60. The first-order valence-electron chi connectivity index (χ1n) is 12.5. The highest BCUT2D eigenvalue weighted by atomic mass is 32.1. The standard InChI is InChI=1S/C26H30N4OS.C2HF3O2/c1-26(2,31)8-4-5-21-14-20(17-32-21)24-23-15-19-13-18(6-7-22(19)25(23)28-27-24)16-30-11-9-29(3)10-12-30;3-2(4,5)1(6)7/h6-7,13-14,17,31H,8-12,15-16H2,1-3H3,(H,27,28);(H,6,7). The predicted molar refractivity (Wildman–Crippen MR) is 144 cm³/mol. The number of halogens is 3. The number of H-pyrrole nitrogens is 1. The van der Waals surface area contributed by atoms with Crippen LogP contribution < -0.4 is 0 Å². The highest BCUT2D eigenvalue weighted by Gasteiger charge is 2.38. The smallest absolute Gasteiger partial charge is 0.475 e. The number of piperazine rings is 1. The van der Waals surface area contributed by atoms with Crippen molar-refractivity contribution in [1.82, 2.24) is 20.0 Å². The Morgan fingerprint density at radius 3 is 2.51 bits per heavy atom. The zero-order valence-corrected chi connectivity index (χ0v) is 22.8. The minimum atomic E-state index is -5.08. The fourth-order valence-corrected chi connectivity index (χ4v) is 5.22. The number of hydrogen-bond acceptors (Lipinski definition) is 6. The Balaban J connectivity index is 0.000000448. The number of aliphatic carboxylic acids is 1. The number of nitrogens with one attached hydrogen (secondary N) is 1. The molecule has 1 aromatic carbocycles. The van der Waals surface area contributed by atoms with Crippen LogP contribution in [0.1, 0.15) is 41.8 Å². The van der Waals surface area contributed by atoms with E-state index in [0.717, 1.165) is 61.0 Å². The van der Waals surface area contributed by atoms with E-state index in [1.54, 1.807) is 25.2 Å². The fraction of sp³-hybridized carbons (Fsp3) is 0.429. The van der Waals surface area contributed by atoms with Gasteiger partial charge in [0, 0.05) is 67.6 Å². The molecule has 1 fully saturated rings. The van der Waals surface area contributed by atoms with Crippen molar-refractivity contribution >= 4 is 17.3 Å². The van der Waals surface area contributed by atoms with Gasteiger partial charge in [0.1, 0.15) is 0 Å². The molecule has 0 atom stereocenters. The van der Waals surface area contributed by atoms with Crippen LogP contribution in [0, 0.1) is 11.8 Å². The van der Waals surface area contributed by atoms with Crippen molar-refractivity contribution in [3.8, 4) is 34.4 Å². The van der Waals surface area contributed by atoms with E-state index >= 15 is 0 Å². The number of carboxylic acid groups (broad SMARTS) is 1. The summed E-state index contributed by atoms with van der Waals surface area (Å²) in [6.45, 7) is 9.16. The number of fused-ring (bicyclic) bond motifs is 3. The number of alkyl halides is 3. The molecule has 0 bridgehead atoms. The quantitative estimate of drug-likeness (QED) is 0.316. The molecular weight excluding hydrogens is 529 g/mol. The van der Waals surface area contributed by atoms with Gasteiger partial charge in [0.2, 0.25) is 0 Å². The second-order valence-electron chi connectivity index (χ2n) is 10.5. The maximum Gasteiger partial charge on any atom is 0.490 e. The van der Waals surface area contributed by atoms with Crippen LogP contribution in [0.25, 0.3) is 22.5 Å². The molecule has 3 N–H and O–H groups in total. The number of aromatic amines is 1. The van der Waals surface area contributed by atoms with E-state index in [9.17, 15) is 18.3 Å². The lowest BCUT2D eigenvalue weighted by Crippen LogP contribution is -2.43. The molecule has 2 aliphatic rings. The zero-order valence-electron chi connectivity index (χ0n) is 22.0. The summed E-state index contributed by atoms with van der Waals surface area (Å²) in [6, 6.07) is 9.02. The van der Waals surface area contributed by atoms with Crippen LogP contribution in [0.3, 0.4) is 0 Å². The lowest BCUT2D eigenvalue weighted by atomic mass is 10.0. The van der Waals surface area contributed by atoms with E-state index in [-0.39, 0.29) is 0 Å². The number of nitrogens with zero attached hydrogens (tertiary/aromatic N) is 3. The molecule has 1 saturated heterocycles. The van der Waals surface area contributed by atoms with Gasteiger partial charge in [-0.3, -0.25) is 10.00 Å². The van der Waals surface area contributed by atoms with Crippen LogP contribution in [0.15, 0.2) is 29.6 Å². The SMILES string of the molecule is CN1CCN(Cc2ccc3c(c2)Cc2c(-c4csc(C#CCC(C)(C)O)c4)n[nH]c2-3)CC1.O=C(O)C(F)(F)F. The Kier molecular flexibility index (Phi) is 8.51. The van der Waals surface area contributed by atoms with E-state index < -0.39 is 17.7 Å². The molecule has 2 aromatic heterocycles. The minimum absolute atomic E-state index is 0.462. The number of likely N-dealkylation sites (N-methyl/N-ethyl adjacent to an activating group) is 1. The third-order valence-electron chi connectivity index (χ3n) is 6.52. The molecule has 5 rings (SSSR count).